The maximum Gasteiger partial charge on any atom is 0.264 e. The second-order valence-corrected chi connectivity index (χ2v) is 5.92. The fourth-order valence-corrected chi connectivity index (χ4v) is 2.73. The molecule has 0 fully saturated rings. The summed E-state index contributed by atoms with van der Waals surface area (Å²) in [6.07, 6.45) is 0. The molecule has 1 N–H and O–H groups in total. The molecular weight excluding hydrogens is 324 g/mol. The predicted molar refractivity (Wildman–Crippen MR) is 87.9 cm³/mol. The van der Waals surface area contributed by atoms with Crippen LogP contribution in [0.25, 0.3) is 0 Å². The zero-order valence-electron chi connectivity index (χ0n) is 12.1. The summed E-state index contributed by atoms with van der Waals surface area (Å²) in [7, 11) is 3.09. The van der Waals surface area contributed by atoms with Gasteiger partial charge in [0.05, 0.1) is 24.2 Å². The first kappa shape index (κ1) is 16.3. The lowest BCUT2D eigenvalue weighted by Crippen LogP contribution is -2.34. The van der Waals surface area contributed by atoms with E-state index < -0.39 is 0 Å². The van der Waals surface area contributed by atoms with E-state index in [0.717, 1.165) is 0 Å². The molecule has 0 aliphatic carbocycles. The Kier molecular flexibility index (Phi) is 5.41. The minimum absolute atomic E-state index is 0.0631. The fraction of sp³-hybridized carbons (Fsp3) is 0.200. The number of likely N-dealkylation sites (N-methyl/N-ethyl adjacent to an activating group) is 1. The quantitative estimate of drug-likeness (QED) is 0.911. The molecule has 22 heavy (non-hydrogen) atoms. The van der Waals surface area contributed by atoms with Crippen molar-refractivity contribution in [1.82, 2.24) is 4.90 Å². The molecule has 2 aromatic rings. The number of nitrogens with one attached hydrogen (secondary N) is 1. The summed E-state index contributed by atoms with van der Waals surface area (Å²) in [5.74, 6) is -0.0128. The Bertz CT molecular complexity index is 673. The van der Waals surface area contributed by atoms with Gasteiger partial charge >= 0.3 is 0 Å². The number of nitrogens with zero attached hydrogens (tertiary/aromatic N) is 1. The van der Waals surface area contributed by atoms with Gasteiger partial charge in [0.25, 0.3) is 5.91 Å². The molecule has 5 nitrogen and oxygen atoms in total. The van der Waals surface area contributed by atoms with Crippen molar-refractivity contribution < 1.29 is 14.3 Å². The van der Waals surface area contributed by atoms with E-state index in [4.69, 9.17) is 16.3 Å². The number of carbonyl (C=O) groups excluding carboxylic acids is 2. The van der Waals surface area contributed by atoms with Gasteiger partial charge < -0.3 is 15.0 Å². The average Bonchev–Trinajstić information content (AvgIpc) is 3.00. The molecule has 1 heterocycles. The highest BCUT2D eigenvalue weighted by molar-refractivity contribution is 7.12. The van der Waals surface area contributed by atoms with Crippen LogP contribution in [0.2, 0.25) is 5.02 Å². The Labute approximate surface area is 137 Å². The van der Waals surface area contributed by atoms with E-state index in [2.05, 4.69) is 5.32 Å². The monoisotopic (exact) mass is 338 g/mol. The van der Waals surface area contributed by atoms with E-state index >= 15 is 0 Å². The number of benzene rings is 1. The summed E-state index contributed by atoms with van der Waals surface area (Å²) in [6, 6.07) is 8.45. The molecule has 0 bridgehead atoms. The van der Waals surface area contributed by atoms with Gasteiger partial charge in [0.1, 0.15) is 5.75 Å². The SMILES string of the molecule is COc1ccc(Cl)cc1NC(=O)CN(C)C(=O)c1cccs1. The Morgan fingerprint density at radius 2 is 2.14 bits per heavy atom. The van der Waals surface area contributed by atoms with E-state index in [1.54, 1.807) is 37.4 Å². The van der Waals surface area contributed by atoms with E-state index in [1.165, 1.54) is 23.3 Å². The third-order valence-corrected chi connectivity index (χ3v) is 3.99. The number of hydrogen-bond acceptors (Lipinski definition) is 4. The van der Waals surface area contributed by atoms with Gasteiger partial charge in [-0.3, -0.25) is 9.59 Å². The second kappa shape index (κ2) is 7.29. The van der Waals surface area contributed by atoms with Gasteiger partial charge in [-0.25, -0.2) is 0 Å². The molecule has 0 saturated carbocycles. The van der Waals surface area contributed by atoms with Crippen molar-refractivity contribution in [1.29, 1.82) is 0 Å². The highest BCUT2D eigenvalue weighted by Gasteiger charge is 2.16. The van der Waals surface area contributed by atoms with Crippen molar-refractivity contribution in [3.05, 3.63) is 45.6 Å². The molecule has 7 heteroatoms. The van der Waals surface area contributed by atoms with E-state index in [1.807, 2.05) is 5.38 Å². The summed E-state index contributed by atoms with van der Waals surface area (Å²) in [4.78, 5) is 26.1. The summed E-state index contributed by atoms with van der Waals surface area (Å²) in [6.45, 7) is -0.0631. The molecule has 0 unspecified atom stereocenters. The normalized spacial score (nSPS) is 10.1. The first-order valence-corrected chi connectivity index (χ1v) is 7.69. The lowest BCUT2D eigenvalue weighted by molar-refractivity contribution is -0.116. The van der Waals surface area contributed by atoms with Crippen molar-refractivity contribution in [3.8, 4) is 5.75 Å². The van der Waals surface area contributed by atoms with Crippen LogP contribution in [0.3, 0.4) is 0 Å². The van der Waals surface area contributed by atoms with E-state index in [-0.39, 0.29) is 18.4 Å². The number of thiophene rings is 1. The van der Waals surface area contributed by atoms with Gasteiger partial charge in [-0.15, -0.1) is 11.3 Å². The van der Waals surface area contributed by atoms with Crippen molar-refractivity contribution in [3.63, 3.8) is 0 Å². The fourth-order valence-electron chi connectivity index (χ4n) is 1.84. The van der Waals surface area contributed by atoms with Gasteiger partial charge in [-0.2, -0.15) is 0 Å². The molecule has 2 rings (SSSR count). The number of hydrogen-bond donors (Lipinski definition) is 1. The van der Waals surface area contributed by atoms with Crippen LogP contribution in [-0.4, -0.2) is 37.4 Å². The lowest BCUT2D eigenvalue weighted by atomic mass is 10.3. The first-order valence-electron chi connectivity index (χ1n) is 6.43. The van der Waals surface area contributed by atoms with Crippen molar-refractivity contribution in [2.45, 2.75) is 0 Å². The number of rotatable bonds is 5. The Morgan fingerprint density at radius 3 is 2.77 bits per heavy atom. The third-order valence-electron chi connectivity index (χ3n) is 2.90. The van der Waals surface area contributed by atoms with Crippen molar-refractivity contribution in [2.75, 3.05) is 26.0 Å². The number of methoxy groups -OCH3 is 1. The standard InChI is InChI=1S/C15H15ClN2O3S/c1-18(15(20)13-4-3-7-22-13)9-14(19)17-11-8-10(16)5-6-12(11)21-2/h3-8H,9H2,1-2H3,(H,17,19). The first-order chi connectivity index (χ1) is 10.5. The molecule has 1 aromatic heterocycles. The van der Waals surface area contributed by atoms with Gasteiger partial charge in [0, 0.05) is 12.1 Å². The van der Waals surface area contributed by atoms with Crippen LogP contribution < -0.4 is 10.1 Å². The van der Waals surface area contributed by atoms with Crippen LogP contribution >= 0.6 is 22.9 Å². The van der Waals surface area contributed by atoms with E-state index in [0.29, 0.717) is 21.3 Å². The minimum Gasteiger partial charge on any atom is -0.495 e. The molecular formula is C15H15ClN2O3S. The molecule has 116 valence electrons. The maximum atomic E-state index is 12.1. The Morgan fingerprint density at radius 1 is 1.36 bits per heavy atom. The molecule has 0 atom stereocenters. The largest absolute Gasteiger partial charge is 0.495 e. The molecule has 0 radical (unpaired) electrons. The summed E-state index contributed by atoms with van der Waals surface area (Å²) in [5, 5.41) is 5.00. The molecule has 1 aromatic carbocycles. The van der Waals surface area contributed by atoms with E-state index in [9.17, 15) is 9.59 Å². The predicted octanol–water partition coefficient (Wildman–Crippen LogP) is 3.12. The van der Waals surface area contributed by atoms with Gasteiger partial charge in [0.15, 0.2) is 0 Å². The number of halogens is 1. The van der Waals surface area contributed by atoms with Gasteiger partial charge in [-0.05, 0) is 29.6 Å². The number of amides is 2. The molecule has 2 amide bonds. The zero-order chi connectivity index (χ0) is 16.1. The minimum atomic E-state index is -0.326. The summed E-state index contributed by atoms with van der Waals surface area (Å²) >= 11 is 7.25. The maximum absolute atomic E-state index is 12.1. The Hall–Kier alpha value is -2.05. The van der Waals surface area contributed by atoms with Crippen LogP contribution in [0, 0.1) is 0 Å². The smallest absolute Gasteiger partial charge is 0.264 e. The van der Waals surface area contributed by atoms with Crippen LogP contribution in [-0.2, 0) is 4.79 Å². The number of ether oxygens (including phenoxy) is 1. The number of carbonyl (C=O) groups is 2. The highest BCUT2D eigenvalue weighted by Crippen LogP contribution is 2.27. The second-order valence-electron chi connectivity index (χ2n) is 4.53. The van der Waals surface area contributed by atoms with Crippen LogP contribution in [0.15, 0.2) is 35.7 Å². The van der Waals surface area contributed by atoms with Crippen LogP contribution in [0.5, 0.6) is 5.75 Å². The topological polar surface area (TPSA) is 58.6 Å². The highest BCUT2D eigenvalue weighted by atomic mass is 35.5. The number of anilines is 1. The third kappa shape index (κ3) is 3.99. The van der Waals surface area contributed by atoms with Crippen molar-refractivity contribution in [2.24, 2.45) is 0 Å². The van der Waals surface area contributed by atoms with Crippen LogP contribution in [0.4, 0.5) is 5.69 Å². The summed E-state index contributed by atoms with van der Waals surface area (Å²) < 4.78 is 5.16. The van der Waals surface area contributed by atoms with Gasteiger partial charge in [0.2, 0.25) is 5.91 Å². The molecule has 0 spiro atoms. The molecule has 0 saturated heterocycles. The van der Waals surface area contributed by atoms with Crippen LogP contribution in [0.1, 0.15) is 9.67 Å². The lowest BCUT2D eigenvalue weighted by Gasteiger charge is -2.17. The molecule has 0 aliphatic heterocycles. The Balaban J connectivity index is 2.01. The van der Waals surface area contributed by atoms with Crippen molar-refractivity contribution >= 4 is 40.4 Å². The molecule has 0 aliphatic rings. The summed E-state index contributed by atoms with van der Waals surface area (Å²) in [5.41, 5.74) is 0.469. The van der Waals surface area contributed by atoms with Gasteiger partial charge in [-0.1, -0.05) is 17.7 Å². The average molecular weight is 339 g/mol. The zero-order valence-corrected chi connectivity index (χ0v) is 13.7.